The Morgan fingerprint density at radius 1 is 1.11 bits per heavy atom. The Hall–Kier alpha value is -3.16. The molecule has 35 heavy (non-hydrogen) atoms. The molecule has 0 radical (unpaired) electrons. The number of carbonyl (C=O) groups excluding carboxylic acids is 1. The van der Waals surface area contributed by atoms with Gasteiger partial charge in [-0.25, -0.2) is 0 Å². The van der Waals surface area contributed by atoms with Crippen molar-refractivity contribution in [2.24, 2.45) is 11.0 Å². The van der Waals surface area contributed by atoms with Gasteiger partial charge in [-0.2, -0.15) is 10.1 Å². The van der Waals surface area contributed by atoms with E-state index in [0.29, 0.717) is 22.9 Å². The van der Waals surface area contributed by atoms with Crippen molar-refractivity contribution in [3.05, 3.63) is 64.9 Å². The second-order valence-corrected chi connectivity index (χ2v) is 9.85. The van der Waals surface area contributed by atoms with Gasteiger partial charge in [-0.1, -0.05) is 24.6 Å². The number of phenols is 1. The number of rotatable bonds is 5. The lowest BCUT2D eigenvalue weighted by molar-refractivity contribution is -0.394. The summed E-state index contributed by atoms with van der Waals surface area (Å²) in [5.41, 5.74) is 5.61. The summed E-state index contributed by atoms with van der Waals surface area (Å²) in [6, 6.07) is 11.6. The lowest BCUT2D eigenvalue weighted by atomic mass is 9.77. The van der Waals surface area contributed by atoms with E-state index in [2.05, 4.69) is 10.4 Å². The van der Waals surface area contributed by atoms with E-state index in [1.807, 2.05) is 64.1 Å². The normalized spacial score (nSPS) is 27.7. The molecule has 0 spiro atoms. The molecule has 2 atom stereocenters. The highest BCUT2D eigenvalue weighted by atomic mass is 16.9. The van der Waals surface area contributed by atoms with Gasteiger partial charge in [0.25, 0.3) is 5.91 Å². The van der Waals surface area contributed by atoms with Crippen LogP contribution < -0.4 is 10.3 Å². The summed E-state index contributed by atoms with van der Waals surface area (Å²) in [7, 11) is 0. The van der Waals surface area contributed by atoms with Crippen LogP contribution in [-0.2, 0) is 14.3 Å². The monoisotopic (exact) mass is 475 g/mol. The van der Waals surface area contributed by atoms with Crippen molar-refractivity contribution in [3.8, 4) is 5.75 Å². The first-order valence-electron chi connectivity index (χ1n) is 12.4. The number of aromatic hydroxyl groups is 1. The number of benzene rings is 2. The van der Waals surface area contributed by atoms with Crippen molar-refractivity contribution in [2.75, 3.05) is 10.3 Å². The molecule has 2 heterocycles. The summed E-state index contributed by atoms with van der Waals surface area (Å²) in [6.45, 7) is 7.79. The maximum absolute atomic E-state index is 13.1. The standard InChI is InChI=1S/C28H33N3O4/c1-16-11-12-22(13-17(16)2)31-27(33)24(18(3)30-31)15-29-25-10-6-9-23(26(25)32)20-7-5-8-21(14-20)28-34-19(4)35-28/h6,9-13,15,19-21,28-29,32H,5,7-8,14H2,1-4H3/b24-15-. The molecule has 0 aromatic heterocycles. The predicted octanol–water partition coefficient (Wildman–Crippen LogP) is 5.72. The van der Waals surface area contributed by atoms with E-state index >= 15 is 0 Å². The van der Waals surface area contributed by atoms with E-state index in [-0.39, 0.29) is 30.2 Å². The number of phenolic OH excluding ortho intramolecular Hbond substituents is 1. The van der Waals surface area contributed by atoms with Gasteiger partial charge >= 0.3 is 0 Å². The maximum Gasteiger partial charge on any atom is 0.282 e. The molecule has 2 aromatic rings. The topological polar surface area (TPSA) is 83.4 Å². The van der Waals surface area contributed by atoms with Crippen LogP contribution in [0.5, 0.6) is 5.75 Å². The minimum atomic E-state index is -0.196. The molecule has 3 aliphatic rings. The van der Waals surface area contributed by atoms with E-state index in [0.717, 1.165) is 42.5 Å². The Morgan fingerprint density at radius 2 is 1.91 bits per heavy atom. The second kappa shape index (κ2) is 9.47. The number of nitrogens with one attached hydrogen (secondary N) is 1. The van der Waals surface area contributed by atoms with Crippen molar-refractivity contribution in [1.82, 2.24) is 0 Å². The zero-order valence-corrected chi connectivity index (χ0v) is 20.7. The van der Waals surface area contributed by atoms with Crippen molar-refractivity contribution >= 4 is 23.0 Å². The van der Waals surface area contributed by atoms with Gasteiger partial charge in [0.15, 0.2) is 12.6 Å². The number of carbonyl (C=O) groups is 1. The van der Waals surface area contributed by atoms with Gasteiger partial charge < -0.3 is 19.9 Å². The molecule has 1 saturated heterocycles. The molecule has 2 aliphatic heterocycles. The van der Waals surface area contributed by atoms with Crippen LogP contribution in [0.15, 0.2) is 53.3 Å². The third-order valence-corrected chi connectivity index (χ3v) is 7.43. The largest absolute Gasteiger partial charge is 0.505 e. The van der Waals surface area contributed by atoms with Crippen LogP contribution in [-0.4, -0.2) is 29.3 Å². The Kier molecular flexibility index (Phi) is 6.38. The molecule has 1 amide bonds. The molecule has 184 valence electrons. The van der Waals surface area contributed by atoms with Crippen LogP contribution >= 0.6 is 0 Å². The Bertz CT molecular complexity index is 1200. The fraction of sp³-hybridized carbons (Fsp3) is 0.429. The van der Waals surface area contributed by atoms with Gasteiger partial charge in [0.05, 0.1) is 22.7 Å². The Labute approximate surface area is 206 Å². The zero-order chi connectivity index (χ0) is 24.7. The zero-order valence-electron chi connectivity index (χ0n) is 20.7. The maximum atomic E-state index is 13.1. The molecule has 2 unspecified atom stereocenters. The van der Waals surface area contributed by atoms with Gasteiger partial charge in [0.1, 0.15) is 5.75 Å². The fourth-order valence-electron chi connectivity index (χ4n) is 5.24. The van der Waals surface area contributed by atoms with Crippen LogP contribution in [0.25, 0.3) is 0 Å². The average Bonchev–Trinajstić information content (AvgIpc) is 3.11. The smallest absolute Gasteiger partial charge is 0.282 e. The molecule has 0 bridgehead atoms. The highest BCUT2D eigenvalue weighted by Gasteiger charge is 2.38. The molecule has 7 nitrogen and oxygen atoms in total. The number of hydrogen-bond donors (Lipinski definition) is 2. The first-order valence-corrected chi connectivity index (χ1v) is 12.4. The van der Waals surface area contributed by atoms with Crippen molar-refractivity contribution in [2.45, 2.75) is 71.9 Å². The number of anilines is 2. The van der Waals surface area contributed by atoms with Crippen LogP contribution in [0.4, 0.5) is 11.4 Å². The summed E-state index contributed by atoms with van der Waals surface area (Å²) in [6.07, 6.45) is 5.49. The molecule has 2 N–H and O–H groups in total. The fourth-order valence-corrected chi connectivity index (χ4v) is 5.24. The molecular formula is C28H33N3O4. The highest BCUT2D eigenvalue weighted by Crippen LogP contribution is 2.45. The van der Waals surface area contributed by atoms with Crippen LogP contribution in [0, 0.1) is 19.8 Å². The number of hydrazone groups is 1. The van der Waals surface area contributed by atoms with Crippen molar-refractivity contribution < 1.29 is 19.4 Å². The van der Waals surface area contributed by atoms with E-state index < -0.39 is 0 Å². The van der Waals surface area contributed by atoms with E-state index in [4.69, 9.17) is 9.47 Å². The molecular weight excluding hydrogens is 442 g/mol. The van der Waals surface area contributed by atoms with E-state index in [9.17, 15) is 9.90 Å². The first-order chi connectivity index (χ1) is 16.8. The minimum Gasteiger partial charge on any atom is -0.505 e. The summed E-state index contributed by atoms with van der Waals surface area (Å²) < 4.78 is 11.5. The quantitative estimate of drug-likeness (QED) is 0.427. The number of para-hydroxylation sites is 1. The molecule has 2 aromatic carbocycles. The SMILES string of the molecule is CC1=NN(c2ccc(C)c(C)c2)C(=O)/C1=C\Nc1cccc(C2CCCC(C3OC(C)O3)C2)c1O. The highest BCUT2D eigenvalue weighted by molar-refractivity contribution is 6.29. The number of amides is 1. The van der Waals surface area contributed by atoms with Gasteiger partial charge in [-0.15, -0.1) is 0 Å². The van der Waals surface area contributed by atoms with Crippen molar-refractivity contribution in [3.63, 3.8) is 0 Å². The lowest BCUT2D eigenvalue weighted by Crippen LogP contribution is -2.45. The van der Waals surface area contributed by atoms with Crippen LogP contribution in [0.1, 0.15) is 62.1 Å². The molecule has 5 rings (SSSR count). The first kappa shape index (κ1) is 23.6. The Balaban J connectivity index is 1.31. The van der Waals surface area contributed by atoms with Gasteiger partial charge in [0, 0.05) is 12.1 Å². The van der Waals surface area contributed by atoms with Gasteiger partial charge in [0.2, 0.25) is 0 Å². The third-order valence-electron chi connectivity index (χ3n) is 7.43. The predicted molar refractivity (Wildman–Crippen MR) is 136 cm³/mol. The van der Waals surface area contributed by atoms with E-state index in [1.165, 1.54) is 10.6 Å². The summed E-state index contributed by atoms with van der Waals surface area (Å²) in [4.78, 5) is 13.1. The van der Waals surface area contributed by atoms with Gasteiger partial charge in [-0.3, -0.25) is 4.79 Å². The lowest BCUT2D eigenvalue weighted by Gasteiger charge is -2.42. The average molecular weight is 476 g/mol. The summed E-state index contributed by atoms with van der Waals surface area (Å²) >= 11 is 0. The van der Waals surface area contributed by atoms with Gasteiger partial charge in [-0.05, 0) is 87.8 Å². The van der Waals surface area contributed by atoms with Crippen LogP contribution in [0.3, 0.4) is 0 Å². The third kappa shape index (κ3) is 4.58. The second-order valence-electron chi connectivity index (χ2n) is 9.85. The summed E-state index contributed by atoms with van der Waals surface area (Å²) in [5.74, 6) is 0.612. The minimum absolute atomic E-state index is 0.120. The number of nitrogens with zero attached hydrogens (tertiary/aromatic N) is 2. The Morgan fingerprint density at radius 3 is 2.66 bits per heavy atom. The number of aryl methyl sites for hydroxylation is 2. The number of hydrogen-bond acceptors (Lipinski definition) is 6. The molecule has 2 fully saturated rings. The van der Waals surface area contributed by atoms with Crippen molar-refractivity contribution in [1.29, 1.82) is 0 Å². The van der Waals surface area contributed by atoms with Crippen LogP contribution in [0.2, 0.25) is 0 Å². The molecule has 7 heteroatoms. The summed E-state index contributed by atoms with van der Waals surface area (Å²) in [5, 5.41) is 20.1. The van der Waals surface area contributed by atoms with E-state index in [1.54, 1.807) is 6.20 Å². The molecule has 1 aliphatic carbocycles. The number of ether oxygens (including phenoxy) is 2. The molecule has 1 saturated carbocycles.